The van der Waals surface area contributed by atoms with Crippen LogP contribution in [0.5, 0.6) is 0 Å². The van der Waals surface area contributed by atoms with E-state index >= 15 is 0 Å². The lowest BCUT2D eigenvalue weighted by atomic mass is 10.1. The van der Waals surface area contributed by atoms with E-state index in [0.29, 0.717) is 13.1 Å². The maximum Gasteiger partial charge on any atom is 0.290 e. The number of amides is 1. The first-order valence-corrected chi connectivity index (χ1v) is 11.2. The molecule has 0 N–H and O–H groups in total. The molecule has 2 aliphatic rings. The van der Waals surface area contributed by atoms with Gasteiger partial charge in [-0.1, -0.05) is 6.07 Å². The Hall–Kier alpha value is -2.19. The summed E-state index contributed by atoms with van der Waals surface area (Å²) < 4.78 is 32.9. The van der Waals surface area contributed by atoms with Crippen LogP contribution in [-0.4, -0.2) is 47.6 Å². The van der Waals surface area contributed by atoms with Crippen LogP contribution in [0.15, 0.2) is 39.8 Å². The fourth-order valence-corrected chi connectivity index (χ4v) is 5.48. The molecule has 2 fully saturated rings. The number of nitrogens with zero attached hydrogens (tertiary/aromatic N) is 3. The maximum absolute atomic E-state index is 13.3. The molecule has 1 atom stereocenters. The highest BCUT2D eigenvalue weighted by Crippen LogP contribution is 2.36. The summed E-state index contributed by atoms with van der Waals surface area (Å²) in [6.07, 6.45) is 5.29. The molecule has 2 aromatic rings. The Balaban J connectivity index is 1.64. The smallest absolute Gasteiger partial charge is 0.290 e. The van der Waals surface area contributed by atoms with Crippen LogP contribution in [0.4, 0.5) is 0 Å². The van der Waals surface area contributed by atoms with Gasteiger partial charge in [-0.3, -0.25) is 9.78 Å². The van der Waals surface area contributed by atoms with Crippen LogP contribution < -0.4 is 0 Å². The van der Waals surface area contributed by atoms with Crippen molar-refractivity contribution in [2.24, 2.45) is 0 Å². The molecule has 150 valence electrons. The number of carbonyl (C=O) groups is 1. The number of pyridine rings is 1. The van der Waals surface area contributed by atoms with Gasteiger partial charge < -0.3 is 9.32 Å². The fourth-order valence-electron chi connectivity index (χ4n) is 3.80. The summed E-state index contributed by atoms with van der Waals surface area (Å²) in [7, 11) is -3.63. The molecule has 1 aliphatic heterocycles. The van der Waals surface area contributed by atoms with E-state index in [1.54, 1.807) is 18.0 Å². The zero-order valence-electron chi connectivity index (χ0n) is 16.2. The molecule has 8 heteroatoms. The van der Waals surface area contributed by atoms with Crippen LogP contribution in [0.3, 0.4) is 0 Å². The van der Waals surface area contributed by atoms with Gasteiger partial charge in [-0.15, -0.1) is 0 Å². The maximum atomic E-state index is 13.3. The van der Waals surface area contributed by atoms with Crippen molar-refractivity contribution < 1.29 is 17.6 Å². The highest BCUT2D eigenvalue weighted by atomic mass is 32.2. The predicted molar refractivity (Wildman–Crippen MR) is 103 cm³/mol. The fraction of sp³-hybridized carbons (Fsp3) is 0.500. The van der Waals surface area contributed by atoms with Crippen molar-refractivity contribution >= 4 is 15.9 Å². The van der Waals surface area contributed by atoms with Gasteiger partial charge >= 0.3 is 0 Å². The van der Waals surface area contributed by atoms with Crippen molar-refractivity contribution in [3.05, 3.63) is 47.7 Å². The van der Waals surface area contributed by atoms with E-state index in [2.05, 4.69) is 4.98 Å². The third kappa shape index (κ3) is 3.46. The van der Waals surface area contributed by atoms with E-state index in [-0.39, 0.29) is 34.4 Å². The van der Waals surface area contributed by atoms with E-state index in [1.165, 1.54) is 10.4 Å². The normalized spacial score (nSPS) is 18.9. The standard InChI is InChI=1S/C20H25N3O4S/c1-14(17-7-3-4-10-21-17)23(16-8-9-16)20(24)18-13-19(15(2)27-18)28(25,26)22-11-5-6-12-22/h3-4,7,10,13-14,16H,5-6,8-9,11-12H2,1-2H3. The van der Waals surface area contributed by atoms with Gasteiger partial charge in [0.25, 0.3) is 5.91 Å². The number of hydrogen-bond acceptors (Lipinski definition) is 5. The highest BCUT2D eigenvalue weighted by molar-refractivity contribution is 7.89. The molecule has 2 aromatic heterocycles. The third-order valence-electron chi connectivity index (χ3n) is 5.47. The van der Waals surface area contributed by atoms with Crippen LogP contribution in [-0.2, 0) is 10.0 Å². The predicted octanol–water partition coefficient (Wildman–Crippen LogP) is 3.13. The lowest BCUT2D eigenvalue weighted by molar-refractivity contribution is 0.0636. The average molecular weight is 404 g/mol. The van der Waals surface area contributed by atoms with Gasteiger partial charge in [0.1, 0.15) is 10.7 Å². The minimum absolute atomic E-state index is 0.0740. The van der Waals surface area contributed by atoms with Gasteiger partial charge in [0.15, 0.2) is 5.76 Å². The molecule has 7 nitrogen and oxygen atoms in total. The summed E-state index contributed by atoms with van der Waals surface area (Å²) in [5.41, 5.74) is 0.802. The van der Waals surface area contributed by atoms with Crippen LogP contribution in [0, 0.1) is 6.92 Å². The second kappa shape index (κ2) is 7.33. The van der Waals surface area contributed by atoms with Crippen molar-refractivity contribution in [2.45, 2.75) is 56.5 Å². The molecule has 1 amide bonds. The molecule has 0 spiro atoms. The number of hydrogen-bond donors (Lipinski definition) is 0. The Morgan fingerprint density at radius 1 is 1.29 bits per heavy atom. The van der Waals surface area contributed by atoms with Crippen LogP contribution in [0.2, 0.25) is 0 Å². The molecule has 1 unspecified atom stereocenters. The number of rotatable bonds is 6. The van der Waals surface area contributed by atoms with Gasteiger partial charge in [0.2, 0.25) is 10.0 Å². The molecule has 0 aromatic carbocycles. The molecular formula is C20H25N3O4S. The first-order chi connectivity index (χ1) is 13.4. The molecule has 1 saturated heterocycles. The SMILES string of the molecule is Cc1oc(C(=O)N(C2CC2)C(C)c2ccccn2)cc1S(=O)(=O)N1CCCC1. The van der Waals surface area contributed by atoms with Crippen molar-refractivity contribution in [3.8, 4) is 0 Å². The van der Waals surface area contributed by atoms with Crippen molar-refractivity contribution in [3.63, 3.8) is 0 Å². The molecule has 1 saturated carbocycles. The van der Waals surface area contributed by atoms with E-state index in [1.807, 2.05) is 25.1 Å². The average Bonchev–Trinajstić information content (AvgIpc) is 3.19. The number of carbonyl (C=O) groups excluding carboxylic acids is 1. The van der Waals surface area contributed by atoms with Gasteiger partial charge in [0, 0.05) is 31.4 Å². The number of aromatic nitrogens is 1. The van der Waals surface area contributed by atoms with Crippen molar-refractivity contribution in [2.75, 3.05) is 13.1 Å². The minimum atomic E-state index is -3.63. The van der Waals surface area contributed by atoms with E-state index in [4.69, 9.17) is 4.42 Å². The van der Waals surface area contributed by atoms with E-state index in [9.17, 15) is 13.2 Å². The molecule has 28 heavy (non-hydrogen) atoms. The monoisotopic (exact) mass is 403 g/mol. The van der Waals surface area contributed by atoms with E-state index < -0.39 is 10.0 Å². The largest absolute Gasteiger partial charge is 0.455 e. The molecule has 4 rings (SSSR count). The second-order valence-corrected chi connectivity index (χ2v) is 9.42. The summed E-state index contributed by atoms with van der Waals surface area (Å²) in [4.78, 5) is 19.5. The van der Waals surface area contributed by atoms with Crippen LogP contribution in [0.1, 0.15) is 60.7 Å². The number of furan rings is 1. The third-order valence-corrected chi connectivity index (χ3v) is 7.48. The Morgan fingerprint density at radius 2 is 2.00 bits per heavy atom. The summed E-state index contributed by atoms with van der Waals surface area (Å²) in [6, 6.07) is 6.94. The number of aryl methyl sites for hydroxylation is 1. The minimum Gasteiger partial charge on any atom is -0.455 e. The molecule has 3 heterocycles. The van der Waals surface area contributed by atoms with Gasteiger partial charge in [0.05, 0.1) is 11.7 Å². The van der Waals surface area contributed by atoms with Crippen LogP contribution in [0.25, 0.3) is 0 Å². The molecule has 1 aliphatic carbocycles. The topological polar surface area (TPSA) is 83.7 Å². The number of sulfonamides is 1. The Morgan fingerprint density at radius 3 is 2.61 bits per heavy atom. The van der Waals surface area contributed by atoms with Crippen LogP contribution >= 0.6 is 0 Å². The summed E-state index contributed by atoms with van der Waals surface area (Å²) in [5.74, 6) is 0.0491. The summed E-state index contributed by atoms with van der Waals surface area (Å²) >= 11 is 0. The first kappa shape index (κ1) is 19.1. The quantitative estimate of drug-likeness (QED) is 0.740. The summed E-state index contributed by atoms with van der Waals surface area (Å²) in [5, 5.41) is 0. The zero-order valence-corrected chi connectivity index (χ0v) is 17.0. The molecule has 0 bridgehead atoms. The van der Waals surface area contributed by atoms with E-state index in [0.717, 1.165) is 31.4 Å². The van der Waals surface area contributed by atoms with Crippen molar-refractivity contribution in [1.82, 2.24) is 14.2 Å². The lowest BCUT2D eigenvalue weighted by Crippen LogP contribution is -2.35. The van der Waals surface area contributed by atoms with Gasteiger partial charge in [-0.2, -0.15) is 4.31 Å². The van der Waals surface area contributed by atoms with Crippen molar-refractivity contribution in [1.29, 1.82) is 0 Å². The Labute approximate surface area is 165 Å². The van der Waals surface area contributed by atoms with Gasteiger partial charge in [-0.25, -0.2) is 8.42 Å². The lowest BCUT2D eigenvalue weighted by Gasteiger charge is -2.28. The first-order valence-electron chi connectivity index (χ1n) is 9.74. The van der Waals surface area contributed by atoms with Gasteiger partial charge in [-0.05, 0) is 51.7 Å². The second-order valence-electron chi connectivity index (χ2n) is 7.52. The Kier molecular flexibility index (Phi) is 5.01. The zero-order chi connectivity index (χ0) is 19.9. The highest BCUT2D eigenvalue weighted by Gasteiger charge is 2.39. The molecular weight excluding hydrogens is 378 g/mol. The summed E-state index contributed by atoms with van der Waals surface area (Å²) in [6.45, 7) is 4.57. The molecule has 0 radical (unpaired) electrons. The Bertz CT molecular complexity index is 961.